The molecule has 0 radical (unpaired) electrons. The summed E-state index contributed by atoms with van der Waals surface area (Å²) in [6.45, 7) is 5.06. The van der Waals surface area contributed by atoms with Gasteiger partial charge in [0.15, 0.2) is 9.84 Å². The van der Waals surface area contributed by atoms with Gasteiger partial charge in [-0.3, -0.25) is 0 Å². The number of amides is 2. The highest BCUT2D eigenvalue weighted by Crippen LogP contribution is 2.53. The Balaban J connectivity index is 1.82. The van der Waals surface area contributed by atoms with Crippen LogP contribution < -0.4 is 10.1 Å². The van der Waals surface area contributed by atoms with E-state index in [1.165, 1.54) is 38.9 Å². The van der Waals surface area contributed by atoms with Gasteiger partial charge < -0.3 is 15.0 Å². The van der Waals surface area contributed by atoms with Crippen molar-refractivity contribution in [2.75, 3.05) is 25.2 Å². The third-order valence-corrected chi connectivity index (χ3v) is 6.91. The third-order valence-electron chi connectivity index (χ3n) is 5.77. The van der Waals surface area contributed by atoms with Crippen LogP contribution in [-0.4, -0.2) is 45.3 Å². The van der Waals surface area contributed by atoms with E-state index >= 15 is 0 Å². The molecule has 1 unspecified atom stereocenters. The molecule has 1 aliphatic carbocycles. The van der Waals surface area contributed by atoms with E-state index in [2.05, 4.69) is 19.2 Å². The number of carbonyl (C=O) groups excluding carboxylic acids is 1. The van der Waals surface area contributed by atoms with Gasteiger partial charge in [-0.1, -0.05) is 26.7 Å². The van der Waals surface area contributed by atoms with Crippen LogP contribution in [0.5, 0.6) is 5.75 Å². The van der Waals surface area contributed by atoms with Crippen LogP contribution in [-0.2, 0) is 9.84 Å². The molecule has 3 rings (SSSR count). The smallest absolute Gasteiger partial charge is 0.322 e. The Bertz CT molecular complexity index is 798. The van der Waals surface area contributed by atoms with Gasteiger partial charge in [-0.15, -0.1) is 0 Å². The molecule has 2 aliphatic rings. The van der Waals surface area contributed by atoms with Crippen LogP contribution >= 0.6 is 0 Å². The molecule has 1 aliphatic heterocycles. The average molecular weight is 381 g/mol. The van der Waals surface area contributed by atoms with Crippen LogP contribution in [0.4, 0.5) is 10.5 Å². The molecule has 2 amide bonds. The van der Waals surface area contributed by atoms with Crippen LogP contribution in [0, 0.1) is 11.3 Å². The standard InChI is InChI=1S/C19H28N2O4S/c1-13(2)17-19(9-5-6-10-19)12-21(17)18(22)20-15-8-7-14(25-3)11-16(15)26(4,23)24/h7-8,11,13,17H,5-6,9-10,12H2,1-4H3,(H,20,22). The number of benzene rings is 1. The fourth-order valence-electron chi connectivity index (χ4n) is 4.77. The topological polar surface area (TPSA) is 75.7 Å². The monoisotopic (exact) mass is 380 g/mol. The van der Waals surface area contributed by atoms with Gasteiger partial charge in [0.2, 0.25) is 0 Å². The fraction of sp³-hybridized carbons (Fsp3) is 0.632. The number of hydrogen-bond acceptors (Lipinski definition) is 4. The number of anilines is 1. The summed E-state index contributed by atoms with van der Waals surface area (Å²) in [5.41, 5.74) is 0.554. The second-order valence-corrected chi connectivity index (χ2v) is 9.93. The normalized spacial score (nSPS) is 21.7. The minimum atomic E-state index is -3.49. The van der Waals surface area contributed by atoms with E-state index in [9.17, 15) is 13.2 Å². The molecule has 2 fully saturated rings. The molecule has 0 aromatic heterocycles. The molecule has 144 valence electrons. The van der Waals surface area contributed by atoms with Crippen molar-refractivity contribution in [2.24, 2.45) is 11.3 Å². The highest BCUT2D eigenvalue weighted by atomic mass is 32.2. The molecule has 1 aromatic carbocycles. The number of rotatable bonds is 4. The Labute approximate surface area is 155 Å². The Morgan fingerprint density at radius 2 is 1.96 bits per heavy atom. The van der Waals surface area contributed by atoms with E-state index in [4.69, 9.17) is 4.74 Å². The van der Waals surface area contributed by atoms with Gasteiger partial charge in [-0.05, 0) is 30.9 Å². The quantitative estimate of drug-likeness (QED) is 0.867. The van der Waals surface area contributed by atoms with Crippen molar-refractivity contribution in [3.05, 3.63) is 18.2 Å². The van der Waals surface area contributed by atoms with Crippen LogP contribution in [0.25, 0.3) is 0 Å². The highest BCUT2D eigenvalue weighted by Gasteiger charge is 2.56. The number of hydrogen-bond donors (Lipinski definition) is 1. The molecule has 6 nitrogen and oxygen atoms in total. The van der Waals surface area contributed by atoms with Gasteiger partial charge in [-0.2, -0.15) is 0 Å². The number of nitrogens with zero attached hydrogens (tertiary/aromatic N) is 1. The fourth-order valence-corrected chi connectivity index (χ4v) is 5.62. The summed E-state index contributed by atoms with van der Waals surface area (Å²) < 4.78 is 29.3. The van der Waals surface area contributed by atoms with E-state index < -0.39 is 9.84 Å². The molecule has 1 heterocycles. The molecule has 0 bridgehead atoms. The number of nitrogens with one attached hydrogen (secondary N) is 1. The SMILES string of the molecule is COc1ccc(NC(=O)N2CC3(CCCC3)C2C(C)C)c(S(C)(=O)=O)c1. The molecule has 26 heavy (non-hydrogen) atoms. The lowest BCUT2D eigenvalue weighted by Gasteiger charge is -2.58. The zero-order valence-electron chi connectivity index (χ0n) is 15.9. The molecule has 7 heteroatoms. The molecule has 1 N–H and O–H groups in total. The minimum Gasteiger partial charge on any atom is -0.497 e. The number of sulfone groups is 1. The summed E-state index contributed by atoms with van der Waals surface area (Å²) in [7, 11) is -2.01. The van der Waals surface area contributed by atoms with Gasteiger partial charge >= 0.3 is 6.03 Å². The van der Waals surface area contributed by atoms with Gasteiger partial charge in [0.25, 0.3) is 0 Å². The Kier molecular flexibility index (Phi) is 4.94. The Morgan fingerprint density at radius 1 is 1.31 bits per heavy atom. The number of carbonyl (C=O) groups is 1. The maximum absolute atomic E-state index is 12.9. The number of urea groups is 1. The Morgan fingerprint density at radius 3 is 2.50 bits per heavy atom. The van der Waals surface area contributed by atoms with E-state index in [0.717, 1.165) is 12.8 Å². The largest absolute Gasteiger partial charge is 0.497 e. The van der Waals surface area contributed by atoms with Crippen molar-refractivity contribution in [1.82, 2.24) is 4.90 Å². The first-order valence-corrected chi connectivity index (χ1v) is 11.0. The van der Waals surface area contributed by atoms with Crippen molar-refractivity contribution < 1.29 is 17.9 Å². The lowest BCUT2D eigenvalue weighted by atomic mass is 9.66. The van der Waals surface area contributed by atoms with E-state index in [-0.39, 0.29) is 22.4 Å². The summed E-state index contributed by atoms with van der Waals surface area (Å²) >= 11 is 0. The van der Waals surface area contributed by atoms with Crippen molar-refractivity contribution in [1.29, 1.82) is 0 Å². The highest BCUT2D eigenvalue weighted by molar-refractivity contribution is 7.90. The minimum absolute atomic E-state index is 0.0717. The van der Waals surface area contributed by atoms with Gasteiger partial charge in [0.05, 0.1) is 17.7 Å². The van der Waals surface area contributed by atoms with Gasteiger partial charge in [0, 0.05) is 30.3 Å². The van der Waals surface area contributed by atoms with Gasteiger partial charge in [-0.25, -0.2) is 13.2 Å². The Hall–Kier alpha value is -1.76. The number of ether oxygens (including phenoxy) is 1. The van der Waals surface area contributed by atoms with Crippen molar-refractivity contribution in [3.63, 3.8) is 0 Å². The van der Waals surface area contributed by atoms with Crippen molar-refractivity contribution in [2.45, 2.75) is 50.5 Å². The average Bonchev–Trinajstić information content (AvgIpc) is 3.03. The zero-order valence-corrected chi connectivity index (χ0v) is 16.7. The van der Waals surface area contributed by atoms with Crippen LogP contribution in [0.2, 0.25) is 0 Å². The van der Waals surface area contributed by atoms with E-state index in [1.807, 2.05) is 4.90 Å². The second kappa shape index (κ2) is 6.76. The first kappa shape index (κ1) is 19.0. The van der Waals surface area contributed by atoms with E-state index in [1.54, 1.807) is 12.1 Å². The van der Waals surface area contributed by atoms with Crippen molar-refractivity contribution in [3.8, 4) is 5.75 Å². The zero-order chi connectivity index (χ0) is 19.1. The van der Waals surface area contributed by atoms with E-state index in [0.29, 0.717) is 17.4 Å². The summed E-state index contributed by atoms with van der Waals surface area (Å²) in [6.07, 6.45) is 5.95. The maximum Gasteiger partial charge on any atom is 0.322 e. The molecule has 1 saturated carbocycles. The summed E-state index contributed by atoms with van der Waals surface area (Å²) in [6, 6.07) is 4.67. The number of methoxy groups -OCH3 is 1. The third kappa shape index (κ3) is 3.29. The predicted molar refractivity (Wildman–Crippen MR) is 101 cm³/mol. The van der Waals surface area contributed by atoms with Crippen LogP contribution in [0.15, 0.2) is 23.1 Å². The van der Waals surface area contributed by atoms with Gasteiger partial charge in [0.1, 0.15) is 5.75 Å². The van der Waals surface area contributed by atoms with Crippen LogP contribution in [0.1, 0.15) is 39.5 Å². The molecule has 1 spiro atoms. The summed E-state index contributed by atoms with van der Waals surface area (Å²) in [5, 5.41) is 2.81. The summed E-state index contributed by atoms with van der Waals surface area (Å²) in [4.78, 5) is 14.8. The van der Waals surface area contributed by atoms with Crippen LogP contribution in [0.3, 0.4) is 0 Å². The number of likely N-dealkylation sites (tertiary alicyclic amines) is 1. The van der Waals surface area contributed by atoms with Crippen molar-refractivity contribution >= 4 is 21.6 Å². The lowest BCUT2D eigenvalue weighted by Crippen LogP contribution is -2.68. The molecule has 1 aromatic rings. The molecule has 1 atom stereocenters. The molecular formula is C19H28N2O4S. The summed E-state index contributed by atoms with van der Waals surface area (Å²) in [5.74, 6) is 0.815. The maximum atomic E-state index is 12.9. The molecule has 1 saturated heterocycles. The second-order valence-electron chi connectivity index (χ2n) is 7.95. The first-order chi connectivity index (χ1) is 12.2. The molecular weight excluding hydrogens is 352 g/mol. The lowest BCUT2D eigenvalue weighted by molar-refractivity contribution is -0.0578. The first-order valence-electron chi connectivity index (χ1n) is 9.14. The predicted octanol–water partition coefficient (Wildman–Crippen LogP) is 3.53.